The summed E-state index contributed by atoms with van der Waals surface area (Å²) in [4.78, 5) is 6.87. The predicted molar refractivity (Wildman–Crippen MR) is 143 cm³/mol. The zero-order chi connectivity index (χ0) is 26.5. The minimum Gasteiger partial charge on any atom is -0.379 e. The highest BCUT2D eigenvalue weighted by atomic mass is 19.4. The fraction of sp³-hybridized carbons (Fsp3) is 0.286. The van der Waals surface area contributed by atoms with Gasteiger partial charge in [-0.25, -0.2) is 0 Å². The molecule has 2 aromatic carbocycles. The molecular weight excluding hydrogens is 493 g/mol. The molecule has 2 aromatic heterocycles. The third kappa shape index (κ3) is 6.15. The van der Waals surface area contributed by atoms with Crippen molar-refractivity contribution in [1.82, 2.24) is 19.7 Å². The van der Waals surface area contributed by atoms with E-state index in [4.69, 9.17) is 4.74 Å². The number of morpholine rings is 1. The van der Waals surface area contributed by atoms with E-state index in [-0.39, 0.29) is 0 Å². The summed E-state index contributed by atoms with van der Waals surface area (Å²) in [6.45, 7) is 9.26. The summed E-state index contributed by atoms with van der Waals surface area (Å²) < 4.78 is 46.3. The number of halogens is 3. The lowest BCUT2D eigenvalue weighted by atomic mass is 10.0. The lowest BCUT2D eigenvalue weighted by Gasteiger charge is -2.26. The Kier molecular flexibility index (Phi) is 7.62. The van der Waals surface area contributed by atoms with Gasteiger partial charge < -0.3 is 15.4 Å². The summed E-state index contributed by atoms with van der Waals surface area (Å²) >= 11 is 0. The van der Waals surface area contributed by atoms with Crippen LogP contribution in [-0.4, -0.2) is 52.5 Å². The first-order valence-electron chi connectivity index (χ1n) is 12.5. The Hall–Kier alpha value is -3.89. The molecule has 2 N–H and O–H groups in total. The SMILES string of the molecule is C=C(Nc1ccc(-c2cncc3c2cnn3CCCN2CCOCC2)cc1)Nc1cccc(C(F)(F)F)c1. The van der Waals surface area contributed by atoms with E-state index in [0.29, 0.717) is 11.5 Å². The molecule has 1 fully saturated rings. The standard InChI is InChI=1S/C28H29F3N6O/c1-20(35-24-5-2-4-22(16-24)28(29,30)31)34-23-8-6-21(7-9-23)25-17-32-19-27-26(25)18-33-37(27)11-3-10-36-12-14-38-15-13-36/h2,4-9,16-19,34-35H,1,3,10-15H2. The van der Waals surface area contributed by atoms with Crippen LogP contribution in [0.3, 0.4) is 0 Å². The number of hydrogen-bond acceptors (Lipinski definition) is 6. The van der Waals surface area contributed by atoms with Crippen molar-refractivity contribution in [2.45, 2.75) is 19.1 Å². The van der Waals surface area contributed by atoms with E-state index in [1.54, 1.807) is 6.07 Å². The Morgan fingerprint density at radius 1 is 0.947 bits per heavy atom. The largest absolute Gasteiger partial charge is 0.416 e. The summed E-state index contributed by atoms with van der Waals surface area (Å²) in [6, 6.07) is 12.7. The van der Waals surface area contributed by atoms with Gasteiger partial charge in [0, 0.05) is 54.7 Å². The number of rotatable bonds is 9. The second-order valence-electron chi connectivity index (χ2n) is 9.18. The van der Waals surface area contributed by atoms with Gasteiger partial charge in [0.2, 0.25) is 0 Å². The van der Waals surface area contributed by atoms with Crippen molar-refractivity contribution in [2.75, 3.05) is 43.5 Å². The van der Waals surface area contributed by atoms with Gasteiger partial charge in [-0.2, -0.15) is 18.3 Å². The second-order valence-corrected chi connectivity index (χ2v) is 9.18. The van der Waals surface area contributed by atoms with Crippen molar-refractivity contribution in [3.05, 3.63) is 85.1 Å². The van der Waals surface area contributed by atoms with Crippen molar-refractivity contribution in [3.63, 3.8) is 0 Å². The summed E-state index contributed by atoms with van der Waals surface area (Å²) in [5, 5.41) is 11.6. The monoisotopic (exact) mass is 522 g/mol. The number of pyridine rings is 1. The van der Waals surface area contributed by atoms with Crippen LogP contribution in [0.15, 0.2) is 79.5 Å². The minimum absolute atomic E-state index is 0.300. The fourth-order valence-corrected chi connectivity index (χ4v) is 4.55. The van der Waals surface area contributed by atoms with Crippen LogP contribution in [0.5, 0.6) is 0 Å². The fourth-order valence-electron chi connectivity index (χ4n) is 4.55. The molecule has 0 radical (unpaired) electrons. The van der Waals surface area contributed by atoms with Crippen LogP contribution in [0, 0.1) is 0 Å². The van der Waals surface area contributed by atoms with Gasteiger partial charge in [0.25, 0.3) is 0 Å². The lowest BCUT2D eigenvalue weighted by molar-refractivity contribution is -0.137. The summed E-state index contributed by atoms with van der Waals surface area (Å²) in [5.41, 5.74) is 3.28. The molecule has 0 atom stereocenters. The van der Waals surface area contributed by atoms with E-state index < -0.39 is 11.7 Å². The maximum atomic E-state index is 13.0. The van der Waals surface area contributed by atoms with Gasteiger partial charge in [0.15, 0.2) is 0 Å². The van der Waals surface area contributed by atoms with Crippen LogP contribution in [0.1, 0.15) is 12.0 Å². The third-order valence-corrected chi connectivity index (χ3v) is 6.50. The minimum atomic E-state index is -4.40. The van der Waals surface area contributed by atoms with Gasteiger partial charge in [-0.05, 0) is 42.3 Å². The lowest BCUT2D eigenvalue weighted by Crippen LogP contribution is -2.37. The van der Waals surface area contributed by atoms with Crippen molar-refractivity contribution >= 4 is 22.3 Å². The van der Waals surface area contributed by atoms with E-state index in [1.165, 1.54) is 6.07 Å². The van der Waals surface area contributed by atoms with Crippen LogP contribution in [-0.2, 0) is 17.5 Å². The number of nitrogens with one attached hydrogen (secondary N) is 2. The van der Waals surface area contributed by atoms with Crippen LogP contribution in [0.4, 0.5) is 24.5 Å². The van der Waals surface area contributed by atoms with Crippen molar-refractivity contribution in [1.29, 1.82) is 0 Å². The van der Waals surface area contributed by atoms with E-state index in [2.05, 4.69) is 32.2 Å². The molecule has 4 aromatic rings. The number of aryl methyl sites for hydroxylation is 1. The molecule has 1 saturated heterocycles. The molecule has 0 spiro atoms. The highest BCUT2D eigenvalue weighted by Crippen LogP contribution is 2.31. The molecule has 0 bridgehead atoms. The van der Waals surface area contributed by atoms with E-state index in [9.17, 15) is 13.2 Å². The van der Waals surface area contributed by atoms with Gasteiger partial charge in [-0.3, -0.25) is 14.6 Å². The average Bonchev–Trinajstić information content (AvgIpc) is 3.33. The smallest absolute Gasteiger partial charge is 0.379 e. The molecular formula is C28H29F3N6O. The number of nitrogens with zero attached hydrogens (tertiary/aromatic N) is 4. The summed E-state index contributed by atoms with van der Waals surface area (Å²) in [7, 11) is 0. The van der Waals surface area contributed by atoms with Crippen molar-refractivity contribution in [2.24, 2.45) is 0 Å². The third-order valence-electron chi connectivity index (χ3n) is 6.50. The zero-order valence-corrected chi connectivity index (χ0v) is 20.8. The van der Waals surface area contributed by atoms with E-state index in [1.807, 2.05) is 47.5 Å². The van der Waals surface area contributed by atoms with Crippen molar-refractivity contribution < 1.29 is 17.9 Å². The maximum Gasteiger partial charge on any atom is 0.416 e. The van der Waals surface area contributed by atoms with Gasteiger partial charge in [-0.15, -0.1) is 0 Å². The molecule has 38 heavy (non-hydrogen) atoms. The molecule has 10 heteroatoms. The zero-order valence-electron chi connectivity index (χ0n) is 20.8. The first-order valence-corrected chi connectivity index (χ1v) is 12.5. The number of hydrogen-bond donors (Lipinski definition) is 2. The normalized spacial score (nSPS) is 14.5. The number of aromatic nitrogens is 3. The Bertz CT molecular complexity index is 1390. The molecule has 1 aliphatic rings. The molecule has 3 heterocycles. The molecule has 198 valence electrons. The molecule has 7 nitrogen and oxygen atoms in total. The molecule has 1 aliphatic heterocycles. The number of alkyl halides is 3. The summed E-state index contributed by atoms with van der Waals surface area (Å²) in [6.07, 6.45) is 2.16. The van der Waals surface area contributed by atoms with Crippen LogP contribution >= 0.6 is 0 Å². The highest BCUT2D eigenvalue weighted by Gasteiger charge is 2.30. The van der Waals surface area contributed by atoms with Crippen LogP contribution in [0.2, 0.25) is 0 Å². The van der Waals surface area contributed by atoms with Crippen molar-refractivity contribution in [3.8, 4) is 11.1 Å². The number of benzene rings is 2. The quantitative estimate of drug-likeness (QED) is 0.288. The van der Waals surface area contributed by atoms with Gasteiger partial charge in [-0.1, -0.05) is 24.8 Å². The highest BCUT2D eigenvalue weighted by molar-refractivity contribution is 5.93. The molecule has 0 aliphatic carbocycles. The van der Waals surface area contributed by atoms with Gasteiger partial charge in [0.05, 0.1) is 36.7 Å². The number of ether oxygens (including phenoxy) is 1. The first kappa shape index (κ1) is 25.7. The first-order chi connectivity index (χ1) is 18.4. The Morgan fingerprint density at radius 2 is 1.71 bits per heavy atom. The Balaban J connectivity index is 1.22. The maximum absolute atomic E-state index is 13.0. The van der Waals surface area contributed by atoms with E-state index >= 15 is 0 Å². The second kappa shape index (κ2) is 11.2. The number of anilines is 2. The molecule has 0 unspecified atom stereocenters. The van der Waals surface area contributed by atoms with Crippen LogP contribution < -0.4 is 10.6 Å². The Labute approximate surface area is 218 Å². The topological polar surface area (TPSA) is 67.2 Å². The van der Waals surface area contributed by atoms with E-state index in [0.717, 1.165) is 85.7 Å². The summed E-state index contributed by atoms with van der Waals surface area (Å²) in [5.74, 6) is 0.360. The number of fused-ring (bicyclic) bond motifs is 1. The average molecular weight is 523 g/mol. The molecule has 0 amide bonds. The Morgan fingerprint density at radius 3 is 2.47 bits per heavy atom. The van der Waals surface area contributed by atoms with Gasteiger partial charge in [0.1, 0.15) is 5.82 Å². The van der Waals surface area contributed by atoms with Gasteiger partial charge >= 0.3 is 6.18 Å². The molecule has 5 rings (SSSR count). The predicted octanol–water partition coefficient (Wildman–Crippen LogP) is 5.83. The van der Waals surface area contributed by atoms with Crippen LogP contribution in [0.25, 0.3) is 22.0 Å². The molecule has 0 saturated carbocycles.